The van der Waals surface area contributed by atoms with Crippen LogP contribution in [0.3, 0.4) is 0 Å². The summed E-state index contributed by atoms with van der Waals surface area (Å²) >= 11 is 27.0. The molecule has 0 saturated heterocycles. The summed E-state index contributed by atoms with van der Waals surface area (Å²) in [6.07, 6.45) is 4.35. The third kappa shape index (κ3) is 5.84. The predicted molar refractivity (Wildman–Crippen MR) is 232 cm³/mol. The van der Waals surface area contributed by atoms with Crippen molar-refractivity contribution in [2.24, 2.45) is 0 Å². The number of hydrogen-bond donors (Lipinski definition) is 0. The molecule has 2 heterocycles. The zero-order valence-corrected chi connectivity index (χ0v) is 32.9. The van der Waals surface area contributed by atoms with Gasteiger partial charge in [-0.15, -0.1) is 0 Å². The fraction of sp³-hybridized carbons (Fsp3) is 0.0417. The van der Waals surface area contributed by atoms with Crippen LogP contribution in [0.5, 0.6) is 0 Å². The summed E-state index contributed by atoms with van der Waals surface area (Å²) in [5.41, 5.74) is 10.4. The number of aromatic nitrogens is 4. The van der Waals surface area contributed by atoms with Crippen molar-refractivity contribution >= 4 is 90.0 Å². The number of hydrogen-bond acceptors (Lipinski definition) is 0. The lowest BCUT2D eigenvalue weighted by atomic mass is 9.90. The Hall–Kier alpha value is -5.62. The van der Waals surface area contributed by atoms with Gasteiger partial charge < -0.3 is 0 Å². The number of imidazole rings is 2. The summed E-state index contributed by atoms with van der Waals surface area (Å²) in [4.78, 5) is 0. The number of nitrogens with zero attached hydrogens (tertiary/aromatic N) is 4. The first-order valence-corrected chi connectivity index (χ1v) is 19.9. The van der Waals surface area contributed by atoms with E-state index in [0.717, 1.165) is 77.2 Å². The molecule has 0 saturated carbocycles. The lowest BCUT2D eigenvalue weighted by molar-refractivity contribution is -0.663. The van der Waals surface area contributed by atoms with Crippen LogP contribution in [0.15, 0.2) is 170 Å². The van der Waals surface area contributed by atoms with Crippen LogP contribution in [0.25, 0.3) is 66.1 Å². The Morgan fingerprint density at radius 3 is 1.18 bits per heavy atom. The molecular weight excluding hydrogens is 774 g/mol. The molecule has 10 rings (SSSR count). The van der Waals surface area contributed by atoms with Crippen LogP contribution < -0.4 is 9.13 Å². The van der Waals surface area contributed by atoms with Crippen LogP contribution in [-0.2, 0) is 13.1 Å². The number of para-hydroxylation sites is 4. The summed E-state index contributed by atoms with van der Waals surface area (Å²) in [7, 11) is 0. The lowest BCUT2D eigenvalue weighted by Crippen LogP contribution is -2.33. The van der Waals surface area contributed by atoms with Gasteiger partial charge in [0.2, 0.25) is 12.7 Å². The Kier molecular flexibility index (Phi) is 8.80. The summed E-state index contributed by atoms with van der Waals surface area (Å²) in [6.45, 7) is 1.03. The van der Waals surface area contributed by atoms with Gasteiger partial charge in [0.15, 0.2) is 22.1 Å². The fourth-order valence-corrected chi connectivity index (χ4v) is 9.17. The van der Waals surface area contributed by atoms with Gasteiger partial charge >= 0.3 is 0 Å². The third-order valence-corrected chi connectivity index (χ3v) is 12.2. The Morgan fingerprint density at radius 1 is 0.375 bits per heavy atom. The van der Waals surface area contributed by atoms with Gasteiger partial charge in [0.05, 0.1) is 0 Å². The van der Waals surface area contributed by atoms with Crippen molar-refractivity contribution in [3.05, 3.63) is 202 Å². The Labute approximate surface area is 343 Å². The van der Waals surface area contributed by atoms with Gasteiger partial charge in [-0.3, -0.25) is 0 Å². The normalized spacial score (nSPS) is 11.7. The lowest BCUT2D eigenvalue weighted by Gasteiger charge is -2.16. The van der Waals surface area contributed by atoms with Gasteiger partial charge in [0.25, 0.3) is 0 Å². The average Bonchev–Trinajstić information content (AvgIpc) is 3.78. The zero-order chi connectivity index (χ0) is 37.9. The number of fused-ring (bicyclic) bond motifs is 4. The molecule has 270 valence electrons. The van der Waals surface area contributed by atoms with Crippen molar-refractivity contribution < 1.29 is 9.13 Å². The molecule has 0 aliphatic heterocycles. The molecule has 8 heteroatoms. The summed E-state index contributed by atoms with van der Waals surface area (Å²) in [5.74, 6) is 0. The minimum absolute atomic E-state index is 0.513. The van der Waals surface area contributed by atoms with E-state index in [1.165, 1.54) is 0 Å². The second-order valence-corrected chi connectivity index (χ2v) is 15.6. The van der Waals surface area contributed by atoms with Crippen molar-refractivity contribution in [3.63, 3.8) is 0 Å². The van der Waals surface area contributed by atoms with Crippen molar-refractivity contribution in [3.8, 4) is 22.5 Å². The molecule has 2 aromatic heterocycles. The van der Waals surface area contributed by atoms with E-state index in [4.69, 9.17) is 46.4 Å². The zero-order valence-electron chi connectivity index (χ0n) is 29.9. The van der Waals surface area contributed by atoms with Crippen LogP contribution in [0.2, 0.25) is 20.1 Å². The first-order valence-electron chi connectivity index (χ1n) is 18.3. The predicted octanol–water partition coefficient (Wildman–Crippen LogP) is 12.8. The summed E-state index contributed by atoms with van der Waals surface area (Å²) in [6, 6.07) is 54.5. The molecule has 0 radical (unpaired) electrons. The topological polar surface area (TPSA) is 17.6 Å². The molecule has 4 nitrogen and oxygen atoms in total. The molecule has 8 aromatic carbocycles. The van der Waals surface area contributed by atoms with Crippen LogP contribution in [0.4, 0.5) is 0 Å². The molecule has 56 heavy (non-hydrogen) atoms. The van der Waals surface area contributed by atoms with Crippen LogP contribution in [-0.4, -0.2) is 9.13 Å². The number of rotatable bonds is 7. The molecule has 0 unspecified atom stereocenters. The molecule has 0 aliphatic rings. The van der Waals surface area contributed by atoms with Gasteiger partial charge in [-0.25, -0.2) is 9.13 Å². The van der Waals surface area contributed by atoms with Gasteiger partial charge in [-0.05, 0) is 82.2 Å². The smallest absolute Gasteiger partial charge is 0.225 e. The highest BCUT2D eigenvalue weighted by Gasteiger charge is 2.28. The van der Waals surface area contributed by atoms with E-state index in [0.29, 0.717) is 33.2 Å². The standard InChI is InChI=1S/C48H32Cl4N4/c49-37-15-9-16-38(50)35(37)27-53-29-55(43-21-7-5-19-41(43)53)45-25-23-31-11-1-3-13-33(31)47(45)48-34-14-4-2-12-32(34)24-26-46(48)56-30-54(42-20-6-8-22-44(42)56)28-36-39(51)17-10-18-40(36)52/h1-26,29-30H,27-28H2/q+2. The Morgan fingerprint density at radius 2 is 0.750 bits per heavy atom. The first kappa shape index (κ1) is 34.8. The van der Waals surface area contributed by atoms with Gasteiger partial charge in [0.1, 0.15) is 24.5 Å². The molecule has 0 N–H and O–H groups in total. The number of benzene rings is 8. The van der Waals surface area contributed by atoms with E-state index in [-0.39, 0.29) is 0 Å². The third-order valence-electron chi connectivity index (χ3n) is 10.8. The highest BCUT2D eigenvalue weighted by molar-refractivity contribution is 6.36. The van der Waals surface area contributed by atoms with Crippen LogP contribution >= 0.6 is 46.4 Å². The minimum Gasteiger partial charge on any atom is -0.225 e. The van der Waals surface area contributed by atoms with E-state index >= 15 is 0 Å². The quantitative estimate of drug-likeness (QED) is 0.143. The van der Waals surface area contributed by atoms with Crippen molar-refractivity contribution in [1.29, 1.82) is 0 Å². The van der Waals surface area contributed by atoms with E-state index < -0.39 is 0 Å². The maximum absolute atomic E-state index is 6.74. The first-order chi connectivity index (χ1) is 27.4. The summed E-state index contributed by atoms with van der Waals surface area (Å²) < 4.78 is 9.07. The fourth-order valence-electron chi connectivity index (χ4n) is 8.14. The van der Waals surface area contributed by atoms with Crippen LogP contribution in [0, 0.1) is 0 Å². The number of halogens is 4. The second-order valence-electron chi connectivity index (χ2n) is 14.0. The van der Waals surface area contributed by atoms with Gasteiger partial charge in [0, 0.05) is 42.3 Å². The Balaban J connectivity index is 1.27. The SMILES string of the molecule is Clc1cccc(Cl)c1C[n+]1cn(-c2ccc3ccccc3c2-c2c(-n3c[n+](Cc4c(Cl)cccc4Cl)c4ccccc43)ccc3ccccc23)c2ccccc21. The van der Waals surface area contributed by atoms with Crippen LogP contribution in [0.1, 0.15) is 11.1 Å². The maximum Gasteiger partial charge on any atom is 0.250 e. The molecule has 0 aliphatic carbocycles. The maximum atomic E-state index is 6.74. The van der Waals surface area contributed by atoms with Crippen molar-refractivity contribution in [2.75, 3.05) is 0 Å². The molecular formula is C48H32Cl4N4+2. The molecule has 0 bridgehead atoms. The molecule has 0 atom stereocenters. The van der Waals surface area contributed by atoms with E-state index in [2.05, 4.69) is 152 Å². The average molecular weight is 807 g/mol. The van der Waals surface area contributed by atoms with E-state index in [1.54, 1.807) is 0 Å². The van der Waals surface area contributed by atoms with E-state index in [1.807, 2.05) is 36.4 Å². The highest BCUT2D eigenvalue weighted by Crippen LogP contribution is 2.43. The minimum atomic E-state index is 0.513. The second kappa shape index (κ2) is 14.1. The largest absolute Gasteiger partial charge is 0.250 e. The monoisotopic (exact) mass is 804 g/mol. The highest BCUT2D eigenvalue weighted by atomic mass is 35.5. The Bertz CT molecular complexity index is 2910. The van der Waals surface area contributed by atoms with Gasteiger partial charge in [-0.2, -0.15) is 9.13 Å². The van der Waals surface area contributed by atoms with Crippen molar-refractivity contribution in [1.82, 2.24) is 9.13 Å². The van der Waals surface area contributed by atoms with Crippen molar-refractivity contribution in [2.45, 2.75) is 13.1 Å². The molecule has 0 spiro atoms. The van der Waals surface area contributed by atoms with E-state index in [9.17, 15) is 0 Å². The van der Waals surface area contributed by atoms with Gasteiger partial charge in [-0.1, -0.05) is 143 Å². The summed E-state index contributed by atoms with van der Waals surface area (Å²) in [5, 5.41) is 7.16. The molecule has 0 fully saturated rings. The molecule has 0 amide bonds. The molecule has 10 aromatic rings.